The van der Waals surface area contributed by atoms with E-state index in [1.165, 1.54) is 6.07 Å². The lowest BCUT2D eigenvalue weighted by Crippen LogP contribution is -2.29. The van der Waals surface area contributed by atoms with Crippen LogP contribution >= 0.6 is 0 Å². The molecule has 17 heavy (non-hydrogen) atoms. The summed E-state index contributed by atoms with van der Waals surface area (Å²) in [5, 5.41) is 3.45. The lowest BCUT2D eigenvalue weighted by molar-refractivity contribution is 0.0664. The van der Waals surface area contributed by atoms with Crippen molar-refractivity contribution in [1.29, 1.82) is 0 Å². The molecule has 1 aromatic carbocycles. The molecular weight excluding hydrogens is 217 g/mol. The van der Waals surface area contributed by atoms with Crippen LogP contribution in [0.4, 0.5) is 4.39 Å². The SMILES string of the molecule is Fc1cccc(CCNCC2CCOCC2)c1. The van der Waals surface area contributed by atoms with Gasteiger partial charge in [-0.3, -0.25) is 0 Å². The van der Waals surface area contributed by atoms with Gasteiger partial charge in [0.25, 0.3) is 0 Å². The summed E-state index contributed by atoms with van der Waals surface area (Å²) in [6.07, 6.45) is 3.21. The van der Waals surface area contributed by atoms with Gasteiger partial charge in [0.1, 0.15) is 5.82 Å². The first-order valence-electron chi connectivity index (χ1n) is 6.37. The fourth-order valence-electron chi connectivity index (χ4n) is 2.18. The van der Waals surface area contributed by atoms with Crippen molar-refractivity contribution in [2.75, 3.05) is 26.3 Å². The van der Waals surface area contributed by atoms with Crippen LogP contribution in [-0.2, 0) is 11.2 Å². The minimum atomic E-state index is -0.146. The van der Waals surface area contributed by atoms with Crippen LogP contribution in [-0.4, -0.2) is 26.3 Å². The molecular formula is C14H20FNO. The first kappa shape index (κ1) is 12.5. The maximum Gasteiger partial charge on any atom is 0.123 e. The highest BCUT2D eigenvalue weighted by molar-refractivity contribution is 5.16. The number of nitrogens with one attached hydrogen (secondary N) is 1. The van der Waals surface area contributed by atoms with Gasteiger partial charge < -0.3 is 10.1 Å². The number of hydrogen-bond donors (Lipinski definition) is 1. The third kappa shape index (κ3) is 4.44. The highest BCUT2D eigenvalue weighted by atomic mass is 19.1. The zero-order valence-corrected chi connectivity index (χ0v) is 10.1. The second kappa shape index (κ2) is 6.72. The number of ether oxygens (including phenoxy) is 1. The van der Waals surface area contributed by atoms with E-state index < -0.39 is 0 Å². The molecule has 2 rings (SSSR count). The van der Waals surface area contributed by atoms with Crippen molar-refractivity contribution in [2.24, 2.45) is 5.92 Å². The van der Waals surface area contributed by atoms with E-state index in [2.05, 4.69) is 5.32 Å². The molecule has 0 radical (unpaired) electrons. The van der Waals surface area contributed by atoms with Gasteiger partial charge in [-0.2, -0.15) is 0 Å². The van der Waals surface area contributed by atoms with Crippen molar-refractivity contribution in [1.82, 2.24) is 5.32 Å². The lowest BCUT2D eigenvalue weighted by atomic mass is 10.0. The summed E-state index contributed by atoms with van der Waals surface area (Å²) in [4.78, 5) is 0. The van der Waals surface area contributed by atoms with Crippen molar-refractivity contribution < 1.29 is 9.13 Å². The molecule has 1 fully saturated rings. The van der Waals surface area contributed by atoms with E-state index in [1.807, 2.05) is 6.07 Å². The second-order valence-corrected chi connectivity index (χ2v) is 4.64. The molecule has 0 spiro atoms. The van der Waals surface area contributed by atoms with Crippen molar-refractivity contribution in [2.45, 2.75) is 19.3 Å². The van der Waals surface area contributed by atoms with Crippen LogP contribution < -0.4 is 5.32 Å². The van der Waals surface area contributed by atoms with Crippen molar-refractivity contribution in [3.05, 3.63) is 35.6 Å². The van der Waals surface area contributed by atoms with Gasteiger partial charge in [0.05, 0.1) is 0 Å². The molecule has 1 N–H and O–H groups in total. The largest absolute Gasteiger partial charge is 0.381 e. The van der Waals surface area contributed by atoms with E-state index in [0.717, 1.165) is 57.0 Å². The van der Waals surface area contributed by atoms with Crippen LogP contribution in [0.5, 0.6) is 0 Å². The second-order valence-electron chi connectivity index (χ2n) is 4.64. The van der Waals surface area contributed by atoms with Gasteiger partial charge in [-0.05, 0) is 56.0 Å². The van der Waals surface area contributed by atoms with Gasteiger partial charge in [0.2, 0.25) is 0 Å². The lowest BCUT2D eigenvalue weighted by Gasteiger charge is -2.22. The van der Waals surface area contributed by atoms with Gasteiger partial charge in [0.15, 0.2) is 0 Å². The molecule has 0 amide bonds. The molecule has 94 valence electrons. The van der Waals surface area contributed by atoms with Crippen molar-refractivity contribution in [3.8, 4) is 0 Å². The molecule has 0 aliphatic carbocycles. The first-order chi connectivity index (χ1) is 8.34. The Morgan fingerprint density at radius 3 is 2.88 bits per heavy atom. The van der Waals surface area contributed by atoms with E-state index in [-0.39, 0.29) is 5.82 Å². The Balaban J connectivity index is 1.62. The molecule has 1 aliphatic rings. The molecule has 0 atom stereocenters. The minimum Gasteiger partial charge on any atom is -0.381 e. The van der Waals surface area contributed by atoms with E-state index in [1.54, 1.807) is 12.1 Å². The monoisotopic (exact) mass is 237 g/mol. The zero-order chi connectivity index (χ0) is 11.9. The average Bonchev–Trinajstić information content (AvgIpc) is 2.36. The molecule has 1 aliphatic heterocycles. The van der Waals surface area contributed by atoms with E-state index in [0.29, 0.717) is 0 Å². The topological polar surface area (TPSA) is 21.3 Å². The van der Waals surface area contributed by atoms with Crippen LogP contribution in [0.2, 0.25) is 0 Å². The maximum atomic E-state index is 12.9. The summed E-state index contributed by atoms with van der Waals surface area (Å²) in [5.41, 5.74) is 1.06. The van der Waals surface area contributed by atoms with Gasteiger partial charge in [-0.25, -0.2) is 4.39 Å². The Labute approximate surface area is 102 Å². The van der Waals surface area contributed by atoms with Gasteiger partial charge in [-0.15, -0.1) is 0 Å². The quantitative estimate of drug-likeness (QED) is 0.794. The molecule has 0 unspecified atom stereocenters. The van der Waals surface area contributed by atoms with Crippen LogP contribution in [0.1, 0.15) is 18.4 Å². The number of rotatable bonds is 5. The van der Waals surface area contributed by atoms with Crippen LogP contribution in [0.25, 0.3) is 0 Å². The number of halogens is 1. The Hall–Kier alpha value is -0.930. The Morgan fingerprint density at radius 1 is 1.29 bits per heavy atom. The minimum absolute atomic E-state index is 0.146. The van der Waals surface area contributed by atoms with Crippen LogP contribution in [0, 0.1) is 11.7 Å². The molecule has 1 heterocycles. The fraction of sp³-hybridized carbons (Fsp3) is 0.571. The molecule has 0 aromatic heterocycles. The Morgan fingerprint density at radius 2 is 2.12 bits per heavy atom. The summed E-state index contributed by atoms with van der Waals surface area (Å²) in [6.45, 7) is 3.77. The van der Waals surface area contributed by atoms with Crippen molar-refractivity contribution in [3.63, 3.8) is 0 Å². The highest BCUT2D eigenvalue weighted by Crippen LogP contribution is 2.13. The van der Waals surface area contributed by atoms with E-state index in [4.69, 9.17) is 4.74 Å². The highest BCUT2D eigenvalue weighted by Gasteiger charge is 2.12. The third-order valence-electron chi connectivity index (χ3n) is 3.25. The van der Waals surface area contributed by atoms with Crippen LogP contribution in [0.15, 0.2) is 24.3 Å². The van der Waals surface area contributed by atoms with Gasteiger partial charge >= 0.3 is 0 Å². The van der Waals surface area contributed by atoms with Gasteiger partial charge in [-0.1, -0.05) is 12.1 Å². The maximum absolute atomic E-state index is 12.9. The molecule has 2 nitrogen and oxygen atoms in total. The van der Waals surface area contributed by atoms with E-state index in [9.17, 15) is 4.39 Å². The summed E-state index contributed by atoms with van der Waals surface area (Å²) in [6, 6.07) is 6.83. The number of hydrogen-bond acceptors (Lipinski definition) is 2. The average molecular weight is 237 g/mol. The fourth-order valence-corrected chi connectivity index (χ4v) is 2.18. The molecule has 1 saturated heterocycles. The van der Waals surface area contributed by atoms with Gasteiger partial charge in [0, 0.05) is 13.2 Å². The van der Waals surface area contributed by atoms with E-state index >= 15 is 0 Å². The molecule has 3 heteroatoms. The smallest absolute Gasteiger partial charge is 0.123 e. The summed E-state index contributed by atoms with van der Waals surface area (Å²) in [7, 11) is 0. The normalized spacial score (nSPS) is 17.2. The summed E-state index contributed by atoms with van der Waals surface area (Å²) < 4.78 is 18.3. The summed E-state index contributed by atoms with van der Waals surface area (Å²) in [5.74, 6) is 0.600. The first-order valence-corrected chi connectivity index (χ1v) is 6.37. The molecule has 0 bridgehead atoms. The predicted molar refractivity (Wildman–Crippen MR) is 66.5 cm³/mol. The van der Waals surface area contributed by atoms with Crippen LogP contribution in [0.3, 0.4) is 0 Å². The summed E-state index contributed by atoms with van der Waals surface area (Å²) >= 11 is 0. The molecule has 0 saturated carbocycles. The standard InChI is InChI=1S/C14H20FNO/c15-14-3-1-2-12(10-14)4-7-16-11-13-5-8-17-9-6-13/h1-3,10,13,16H,4-9,11H2. The Kier molecular flexibility index (Phi) is 4.95. The van der Waals surface area contributed by atoms with Crippen molar-refractivity contribution >= 4 is 0 Å². The number of benzene rings is 1. The molecule has 1 aromatic rings. The Bertz CT molecular complexity index is 337. The predicted octanol–water partition coefficient (Wildman–Crippen LogP) is 2.38. The zero-order valence-electron chi connectivity index (χ0n) is 10.1. The third-order valence-corrected chi connectivity index (χ3v) is 3.25.